The van der Waals surface area contributed by atoms with Crippen LogP contribution in [0.4, 0.5) is 0 Å². The van der Waals surface area contributed by atoms with Crippen LogP contribution in [0, 0.1) is 0 Å². The van der Waals surface area contributed by atoms with Gasteiger partial charge in [-0.25, -0.2) is 0 Å². The van der Waals surface area contributed by atoms with E-state index in [0.29, 0.717) is 6.42 Å². The quantitative estimate of drug-likeness (QED) is 0.806. The number of aromatic nitrogens is 1. The molecule has 2 N–H and O–H groups in total. The molecule has 1 unspecified atom stereocenters. The molecule has 1 atom stereocenters. The number of hydrogen-bond acceptors (Lipinski definition) is 3. The molecule has 1 amide bonds. The fourth-order valence-corrected chi connectivity index (χ4v) is 1.51. The van der Waals surface area contributed by atoms with Crippen LogP contribution in [0.3, 0.4) is 0 Å². The molecule has 1 aromatic rings. The molecule has 0 aromatic carbocycles. The van der Waals surface area contributed by atoms with Crippen molar-refractivity contribution in [2.24, 2.45) is 5.73 Å². The topological polar surface area (TPSA) is 59.2 Å². The third kappa shape index (κ3) is 5.45. The Bertz CT molecular complexity index is 338. The summed E-state index contributed by atoms with van der Waals surface area (Å²) < 4.78 is 0. The number of carbonyl (C=O) groups excluding carboxylic acids is 1. The highest BCUT2D eigenvalue weighted by Crippen LogP contribution is 2.02. The maximum atomic E-state index is 11.7. The number of carbonyl (C=O) groups is 1. The summed E-state index contributed by atoms with van der Waals surface area (Å²) in [5.41, 5.74) is 6.83. The molecule has 17 heavy (non-hydrogen) atoms. The standard InChI is InChI=1S/C13H21N3O/c1-11(14)3-4-13(17)16(2)10-7-12-5-8-15-9-6-12/h5-6,8-9,11H,3-4,7,10,14H2,1-2H3. The minimum Gasteiger partial charge on any atom is -0.345 e. The molecular weight excluding hydrogens is 214 g/mol. The van der Waals surface area contributed by atoms with Crippen LogP contribution in [0.5, 0.6) is 0 Å². The summed E-state index contributed by atoms with van der Waals surface area (Å²) in [6, 6.07) is 4.04. The second kappa shape index (κ2) is 7.01. The van der Waals surface area contributed by atoms with Crippen LogP contribution in [-0.2, 0) is 11.2 Å². The summed E-state index contributed by atoms with van der Waals surface area (Å²) >= 11 is 0. The average Bonchev–Trinajstić information content (AvgIpc) is 2.34. The molecule has 1 aromatic heterocycles. The molecule has 4 nitrogen and oxygen atoms in total. The lowest BCUT2D eigenvalue weighted by atomic mass is 10.1. The fourth-order valence-electron chi connectivity index (χ4n) is 1.51. The van der Waals surface area contributed by atoms with Gasteiger partial charge in [0, 0.05) is 38.4 Å². The molecule has 0 aliphatic rings. The van der Waals surface area contributed by atoms with Crippen LogP contribution < -0.4 is 5.73 Å². The van der Waals surface area contributed by atoms with Crippen molar-refractivity contribution in [1.82, 2.24) is 9.88 Å². The predicted octanol–water partition coefficient (Wildman–Crippen LogP) is 1.21. The normalized spacial score (nSPS) is 12.2. The first-order valence-corrected chi connectivity index (χ1v) is 5.98. The first kappa shape index (κ1) is 13.6. The zero-order valence-electron chi connectivity index (χ0n) is 10.6. The van der Waals surface area contributed by atoms with E-state index >= 15 is 0 Å². The number of hydrogen-bond donors (Lipinski definition) is 1. The highest BCUT2D eigenvalue weighted by Gasteiger charge is 2.09. The minimum absolute atomic E-state index is 0.0903. The Kier molecular flexibility index (Phi) is 5.63. The van der Waals surface area contributed by atoms with Gasteiger partial charge in [-0.2, -0.15) is 0 Å². The van der Waals surface area contributed by atoms with Crippen LogP contribution in [0.15, 0.2) is 24.5 Å². The second-order valence-electron chi connectivity index (χ2n) is 4.44. The van der Waals surface area contributed by atoms with Crippen molar-refractivity contribution in [1.29, 1.82) is 0 Å². The van der Waals surface area contributed by atoms with E-state index in [-0.39, 0.29) is 11.9 Å². The van der Waals surface area contributed by atoms with Crippen molar-refractivity contribution < 1.29 is 4.79 Å². The van der Waals surface area contributed by atoms with Gasteiger partial charge in [-0.3, -0.25) is 9.78 Å². The van der Waals surface area contributed by atoms with Crippen LogP contribution >= 0.6 is 0 Å². The van der Waals surface area contributed by atoms with Crippen LogP contribution in [0.2, 0.25) is 0 Å². The third-order valence-electron chi connectivity index (χ3n) is 2.72. The Morgan fingerprint density at radius 3 is 2.71 bits per heavy atom. The zero-order chi connectivity index (χ0) is 12.7. The van der Waals surface area contributed by atoms with Crippen LogP contribution in [0.25, 0.3) is 0 Å². The monoisotopic (exact) mass is 235 g/mol. The van der Waals surface area contributed by atoms with Crippen molar-refractivity contribution in [2.45, 2.75) is 32.2 Å². The fraction of sp³-hybridized carbons (Fsp3) is 0.538. The van der Waals surface area contributed by atoms with Crippen molar-refractivity contribution >= 4 is 5.91 Å². The van der Waals surface area contributed by atoms with Gasteiger partial charge in [0.15, 0.2) is 0 Å². The second-order valence-corrected chi connectivity index (χ2v) is 4.44. The van der Waals surface area contributed by atoms with Crippen molar-refractivity contribution in [3.8, 4) is 0 Å². The molecule has 1 rings (SSSR count). The van der Waals surface area contributed by atoms with Gasteiger partial charge in [0.1, 0.15) is 0 Å². The molecule has 1 heterocycles. The summed E-state index contributed by atoms with van der Waals surface area (Å²) in [7, 11) is 1.84. The van der Waals surface area contributed by atoms with Gasteiger partial charge in [-0.15, -0.1) is 0 Å². The number of pyridine rings is 1. The Balaban J connectivity index is 2.29. The summed E-state index contributed by atoms with van der Waals surface area (Å²) in [5, 5.41) is 0. The molecule has 0 saturated carbocycles. The lowest BCUT2D eigenvalue weighted by Crippen LogP contribution is -2.30. The number of amides is 1. The summed E-state index contributed by atoms with van der Waals surface area (Å²) in [4.78, 5) is 17.5. The van der Waals surface area contributed by atoms with Crippen molar-refractivity contribution in [3.05, 3.63) is 30.1 Å². The Hall–Kier alpha value is -1.42. The van der Waals surface area contributed by atoms with Gasteiger partial charge in [-0.1, -0.05) is 0 Å². The minimum atomic E-state index is 0.0903. The first-order valence-electron chi connectivity index (χ1n) is 5.98. The Morgan fingerprint density at radius 2 is 2.12 bits per heavy atom. The van der Waals surface area contributed by atoms with E-state index in [9.17, 15) is 4.79 Å². The van der Waals surface area contributed by atoms with E-state index in [1.54, 1.807) is 17.3 Å². The van der Waals surface area contributed by atoms with Crippen LogP contribution in [-0.4, -0.2) is 35.4 Å². The van der Waals surface area contributed by atoms with E-state index in [2.05, 4.69) is 4.98 Å². The van der Waals surface area contributed by atoms with E-state index < -0.39 is 0 Å². The number of nitrogens with zero attached hydrogens (tertiary/aromatic N) is 2. The number of nitrogens with two attached hydrogens (primary N) is 1. The summed E-state index contributed by atoms with van der Waals surface area (Å²) in [6.07, 6.45) is 5.69. The highest BCUT2D eigenvalue weighted by molar-refractivity contribution is 5.75. The number of rotatable bonds is 6. The van der Waals surface area contributed by atoms with E-state index in [1.807, 2.05) is 26.1 Å². The SMILES string of the molecule is CC(N)CCC(=O)N(C)CCc1ccncc1. The van der Waals surface area contributed by atoms with Gasteiger partial charge in [0.2, 0.25) is 5.91 Å². The Labute approximate surface area is 103 Å². The average molecular weight is 235 g/mol. The van der Waals surface area contributed by atoms with Crippen LogP contribution in [0.1, 0.15) is 25.3 Å². The largest absolute Gasteiger partial charge is 0.345 e. The van der Waals surface area contributed by atoms with Gasteiger partial charge in [0.05, 0.1) is 0 Å². The molecule has 0 fully saturated rings. The predicted molar refractivity (Wildman–Crippen MR) is 68.5 cm³/mol. The van der Waals surface area contributed by atoms with Gasteiger partial charge in [-0.05, 0) is 37.5 Å². The molecule has 0 radical (unpaired) electrons. The highest BCUT2D eigenvalue weighted by atomic mass is 16.2. The van der Waals surface area contributed by atoms with Gasteiger partial charge in [0.25, 0.3) is 0 Å². The molecular formula is C13H21N3O. The van der Waals surface area contributed by atoms with Crippen molar-refractivity contribution in [3.63, 3.8) is 0 Å². The molecule has 0 spiro atoms. The molecule has 0 saturated heterocycles. The van der Waals surface area contributed by atoms with Crippen molar-refractivity contribution in [2.75, 3.05) is 13.6 Å². The van der Waals surface area contributed by atoms with E-state index in [0.717, 1.165) is 19.4 Å². The zero-order valence-corrected chi connectivity index (χ0v) is 10.6. The smallest absolute Gasteiger partial charge is 0.222 e. The first-order chi connectivity index (χ1) is 8.09. The lowest BCUT2D eigenvalue weighted by molar-refractivity contribution is -0.130. The number of likely N-dealkylation sites (N-methyl/N-ethyl adjacent to an activating group) is 1. The van der Waals surface area contributed by atoms with E-state index in [1.165, 1.54) is 5.56 Å². The molecule has 4 heteroatoms. The molecule has 0 aliphatic heterocycles. The summed E-state index contributed by atoms with van der Waals surface area (Å²) in [5.74, 6) is 0.163. The maximum absolute atomic E-state index is 11.7. The molecule has 0 bridgehead atoms. The van der Waals surface area contributed by atoms with Gasteiger partial charge >= 0.3 is 0 Å². The Morgan fingerprint density at radius 1 is 1.47 bits per heavy atom. The van der Waals surface area contributed by atoms with Gasteiger partial charge < -0.3 is 10.6 Å². The summed E-state index contributed by atoms with van der Waals surface area (Å²) in [6.45, 7) is 2.66. The van der Waals surface area contributed by atoms with E-state index in [4.69, 9.17) is 5.73 Å². The molecule has 94 valence electrons. The third-order valence-corrected chi connectivity index (χ3v) is 2.72. The maximum Gasteiger partial charge on any atom is 0.222 e. The lowest BCUT2D eigenvalue weighted by Gasteiger charge is -2.17. The molecule has 0 aliphatic carbocycles.